The van der Waals surface area contributed by atoms with Gasteiger partial charge in [0.1, 0.15) is 11.6 Å². The molecule has 0 heterocycles. The maximum atomic E-state index is 14.0. The number of aliphatic hydroxyl groups is 1. The number of nitrogens with one attached hydrogen (secondary N) is 2. The van der Waals surface area contributed by atoms with E-state index in [0.717, 1.165) is 17.7 Å². The summed E-state index contributed by atoms with van der Waals surface area (Å²) in [6.07, 6.45) is 1.77. The summed E-state index contributed by atoms with van der Waals surface area (Å²) in [5.41, 5.74) is -1.29. The minimum absolute atomic E-state index is 0.0656. The summed E-state index contributed by atoms with van der Waals surface area (Å²) in [6, 6.07) is 2.66. The zero-order chi connectivity index (χ0) is 29.2. The number of anilines is 1. The van der Waals surface area contributed by atoms with Crippen LogP contribution in [0.1, 0.15) is 35.2 Å². The largest absolute Gasteiger partial charge is 0.496 e. The normalized spacial score (nSPS) is 23.1. The van der Waals surface area contributed by atoms with Crippen molar-refractivity contribution in [3.05, 3.63) is 82.7 Å². The highest BCUT2D eigenvalue weighted by Gasteiger charge is 2.54. The highest BCUT2D eigenvalue weighted by molar-refractivity contribution is 5.99. The number of ether oxygens (including phenoxy) is 1. The Hall–Kier alpha value is -3.80. The number of fused-ring (bicyclic) bond motifs is 2. The van der Waals surface area contributed by atoms with Gasteiger partial charge >= 0.3 is 6.18 Å². The van der Waals surface area contributed by atoms with E-state index in [2.05, 4.69) is 10.6 Å². The molecule has 2 aromatic carbocycles. The minimum atomic E-state index is -4.98. The van der Waals surface area contributed by atoms with Crippen LogP contribution < -0.4 is 15.4 Å². The molecule has 2 aliphatic rings. The van der Waals surface area contributed by atoms with Crippen LogP contribution in [0.5, 0.6) is 5.75 Å². The van der Waals surface area contributed by atoms with Crippen LogP contribution in [-0.2, 0) is 11.0 Å². The van der Waals surface area contributed by atoms with Gasteiger partial charge in [0.2, 0.25) is 5.91 Å². The molecule has 2 bridgehead atoms. The van der Waals surface area contributed by atoms with Crippen molar-refractivity contribution in [1.29, 1.82) is 0 Å². The van der Waals surface area contributed by atoms with E-state index in [1.165, 1.54) is 7.11 Å². The number of methoxy groups -OCH3 is 1. The molecule has 2 amide bonds. The van der Waals surface area contributed by atoms with Crippen molar-refractivity contribution < 1.29 is 45.8 Å². The van der Waals surface area contributed by atoms with Crippen LogP contribution in [0, 0.1) is 35.2 Å². The van der Waals surface area contributed by atoms with Gasteiger partial charge in [-0.25, -0.2) is 13.2 Å². The Morgan fingerprint density at radius 2 is 1.75 bits per heavy atom. The average Bonchev–Trinajstić information content (AvgIpc) is 3.43. The molecule has 2 aromatic rings. The molecule has 0 radical (unpaired) electrons. The second kappa shape index (κ2) is 11.7. The second-order valence-corrected chi connectivity index (χ2v) is 9.57. The summed E-state index contributed by atoms with van der Waals surface area (Å²) < 4.78 is 86.1. The van der Waals surface area contributed by atoms with Crippen LogP contribution in [0.25, 0.3) is 0 Å². The molecule has 0 spiro atoms. The van der Waals surface area contributed by atoms with E-state index < -0.39 is 53.0 Å². The first-order valence-corrected chi connectivity index (χ1v) is 12.4. The maximum absolute atomic E-state index is 14.0. The van der Waals surface area contributed by atoms with Crippen LogP contribution in [0.15, 0.2) is 54.1 Å². The first kappa shape index (κ1) is 29.2. The highest BCUT2D eigenvalue weighted by atomic mass is 19.4. The summed E-state index contributed by atoms with van der Waals surface area (Å²) in [4.78, 5) is 26.7. The maximum Gasteiger partial charge on any atom is 0.419 e. The zero-order valence-electron chi connectivity index (χ0n) is 21.2. The van der Waals surface area contributed by atoms with Crippen molar-refractivity contribution in [2.75, 3.05) is 19.0 Å². The quantitative estimate of drug-likeness (QED) is 0.373. The lowest BCUT2D eigenvalue weighted by Gasteiger charge is -2.30. The smallest absolute Gasteiger partial charge is 0.419 e. The van der Waals surface area contributed by atoms with Crippen LogP contribution in [-0.4, -0.2) is 36.7 Å². The molecule has 12 heteroatoms. The fourth-order valence-corrected chi connectivity index (χ4v) is 5.52. The summed E-state index contributed by atoms with van der Waals surface area (Å²) in [5.74, 6) is -7.40. The Bertz CT molecular complexity index is 1360. The van der Waals surface area contributed by atoms with Crippen LogP contribution >= 0.6 is 0 Å². The predicted molar refractivity (Wildman–Crippen MR) is 133 cm³/mol. The highest BCUT2D eigenvalue weighted by Crippen LogP contribution is 2.53. The molecule has 2 aliphatic carbocycles. The molecule has 0 saturated heterocycles. The number of carbonyl (C=O) groups excluding carboxylic acids is 2. The van der Waals surface area contributed by atoms with Gasteiger partial charge in [0, 0.05) is 30.3 Å². The van der Waals surface area contributed by atoms with E-state index in [1.807, 2.05) is 0 Å². The molecule has 3 N–H and O–H groups in total. The molecule has 2 fully saturated rings. The van der Waals surface area contributed by atoms with E-state index in [4.69, 9.17) is 9.84 Å². The summed E-state index contributed by atoms with van der Waals surface area (Å²) in [5, 5.41) is 14.2. The number of rotatable bonds is 8. The summed E-state index contributed by atoms with van der Waals surface area (Å²) >= 11 is 0. The van der Waals surface area contributed by atoms with Crippen molar-refractivity contribution in [2.45, 2.75) is 31.5 Å². The van der Waals surface area contributed by atoms with E-state index in [9.17, 15) is 35.9 Å². The molecular weight excluding hydrogens is 542 g/mol. The molecule has 0 aromatic heterocycles. The molecule has 6 nitrogen and oxygen atoms in total. The third-order valence-corrected chi connectivity index (χ3v) is 7.25. The molecule has 4 atom stereocenters. The molecule has 0 aliphatic heterocycles. The van der Waals surface area contributed by atoms with E-state index in [1.54, 1.807) is 18.2 Å². The Kier molecular flexibility index (Phi) is 8.57. The third-order valence-electron chi connectivity index (χ3n) is 7.25. The van der Waals surface area contributed by atoms with Gasteiger partial charge in [0.05, 0.1) is 24.2 Å². The van der Waals surface area contributed by atoms with Crippen molar-refractivity contribution >= 4 is 17.5 Å². The average molecular weight is 569 g/mol. The zero-order valence-corrected chi connectivity index (χ0v) is 21.2. The van der Waals surface area contributed by atoms with Gasteiger partial charge in [0.15, 0.2) is 11.6 Å². The number of alkyl halides is 3. The lowest BCUT2D eigenvalue weighted by atomic mass is 9.83. The van der Waals surface area contributed by atoms with Gasteiger partial charge in [-0.3, -0.25) is 9.59 Å². The van der Waals surface area contributed by atoms with Gasteiger partial charge in [-0.15, -0.1) is 0 Å². The number of halogens is 6. The fraction of sp³-hybridized carbons (Fsp3) is 0.357. The second-order valence-electron chi connectivity index (χ2n) is 9.57. The Balaban J connectivity index is 1.66. The minimum Gasteiger partial charge on any atom is -0.496 e. The Morgan fingerprint density at radius 1 is 1.05 bits per heavy atom. The third kappa shape index (κ3) is 5.86. The first-order valence-electron chi connectivity index (χ1n) is 12.4. The lowest BCUT2D eigenvalue weighted by molar-refractivity contribution is -0.140. The van der Waals surface area contributed by atoms with Gasteiger partial charge in [-0.1, -0.05) is 23.8 Å². The Labute approximate surface area is 225 Å². The van der Waals surface area contributed by atoms with Crippen molar-refractivity contribution in [3.8, 4) is 5.75 Å². The van der Waals surface area contributed by atoms with Gasteiger partial charge in [0.25, 0.3) is 5.91 Å². The van der Waals surface area contributed by atoms with E-state index in [-0.39, 0.29) is 35.4 Å². The number of aliphatic hydroxyl groups excluding tert-OH is 1. The SMILES string of the molecule is COc1cc(F)c(F)cc1C(=O)N[C@@H]1C2CCC(/C2=C/C=C/CCO)[C@@H]1C(=O)Nc1ccc(F)c(C(F)(F)F)c1. The molecule has 2 saturated carbocycles. The van der Waals surface area contributed by atoms with Crippen molar-refractivity contribution in [1.82, 2.24) is 5.32 Å². The van der Waals surface area contributed by atoms with Crippen molar-refractivity contribution in [2.24, 2.45) is 17.8 Å². The van der Waals surface area contributed by atoms with Crippen molar-refractivity contribution in [3.63, 3.8) is 0 Å². The van der Waals surface area contributed by atoms with Crippen LogP contribution in [0.3, 0.4) is 0 Å². The van der Waals surface area contributed by atoms with Gasteiger partial charge in [-0.05, 0) is 49.4 Å². The van der Waals surface area contributed by atoms with E-state index in [0.29, 0.717) is 37.5 Å². The van der Waals surface area contributed by atoms with Crippen LogP contribution in [0.4, 0.5) is 32.0 Å². The molecule has 214 valence electrons. The number of hydrogen-bond acceptors (Lipinski definition) is 4. The van der Waals surface area contributed by atoms with E-state index >= 15 is 0 Å². The summed E-state index contributed by atoms with van der Waals surface area (Å²) in [7, 11) is 1.18. The Morgan fingerprint density at radius 3 is 2.42 bits per heavy atom. The molecular formula is C28H26F6N2O4. The number of carbonyl (C=O) groups is 2. The monoisotopic (exact) mass is 568 g/mol. The molecule has 40 heavy (non-hydrogen) atoms. The number of hydrogen-bond donors (Lipinski definition) is 3. The van der Waals surface area contributed by atoms with Gasteiger partial charge in [-0.2, -0.15) is 13.2 Å². The predicted octanol–water partition coefficient (Wildman–Crippen LogP) is 5.39. The summed E-state index contributed by atoms with van der Waals surface area (Å²) in [6.45, 7) is -0.0656. The fourth-order valence-electron chi connectivity index (χ4n) is 5.52. The standard InChI is InChI=1S/C28H26F6N2O4/c1-40-23-13-22(31)21(30)12-18(23)26(38)36-25-17-8-7-16(15(17)5-3-2-4-10-37)24(25)27(39)35-14-6-9-20(29)19(11-14)28(32,33)34/h2-3,5-6,9,11-13,16-17,24-25,37H,4,7-8,10H2,1H3,(H,35,39)(H,36,38)/b3-2+,15-5-/t16?,17?,24-,25+/m0/s1. The number of benzene rings is 2. The van der Waals surface area contributed by atoms with Gasteiger partial charge < -0.3 is 20.5 Å². The molecule has 4 rings (SSSR count). The number of allylic oxidation sites excluding steroid dienone is 2. The number of amides is 2. The van der Waals surface area contributed by atoms with Crippen LogP contribution in [0.2, 0.25) is 0 Å². The molecule has 2 unspecified atom stereocenters. The topological polar surface area (TPSA) is 87.7 Å². The first-order chi connectivity index (χ1) is 19.0. The lowest BCUT2D eigenvalue weighted by Crippen LogP contribution is -2.48.